The number of H-pyrrole nitrogens is 1. The molecule has 0 bridgehead atoms. The van der Waals surface area contributed by atoms with Crippen molar-refractivity contribution in [2.75, 3.05) is 20.6 Å². The minimum Gasteiger partial charge on any atom is -0.338 e. The predicted octanol–water partition coefficient (Wildman–Crippen LogP) is 0.0711. The van der Waals surface area contributed by atoms with Gasteiger partial charge in [-0.3, -0.25) is 9.89 Å². The highest BCUT2D eigenvalue weighted by atomic mass is 16.2. The average molecular weight is 225 g/mol. The number of hydrogen-bond donors (Lipinski definition) is 2. The van der Waals surface area contributed by atoms with E-state index in [1.54, 1.807) is 11.9 Å². The number of carbonyl (C=O) groups excluding carboxylic acids is 1. The number of aryl methyl sites for hydroxylation is 1. The molecule has 0 spiro atoms. The summed E-state index contributed by atoms with van der Waals surface area (Å²) >= 11 is 0. The monoisotopic (exact) mass is 225 g/mol. The van der Waals surface area contributed by atoms with E-state index in [1.807, 2.05) is 14.0 Å². The van der Waals surface area contributed by atoms with E-state index in [4.69, 9.17) is 0 Å². The van der Waals surface area contributed by atoms with Crippen LogP contribution in [0.4, 0.5) is 0 Å². The fourth-order valence-electron chi connectivity index (χ4n) is 1.37. The zero-order chi connectivity index (χ0) is 12.0. The maximum absolute atomic E-state index is 11.7. The molecule has 6 heteroatoms. The fraction of sp³-hybridized carbons (Fsp3) is 0.700. The van der Waals surface area contributed by atoms with Crippen LogP contribution in [0.2, 0.25) is 0 Å². The molecular formula is C10H19N5O. The lowest BCUT2D eigenvalue weighted by Gasteiger charge is -2.14. The van der Waals surface area contributed by atoms with E-state index in [-0.39, 0.29) is 5.91 Å². The average Bonchev–Trinajstić information content (AvgIpc) is 2.64. The molecule has 0 saturated carbocycles. The third kappa shape index (κ3) is 3.98. The number of nitrogens with one attached hydrogen (secondary N) is 2. The van der Waals surface area contributed by atoms with Gasteiger partial charge in [-0.15, -0.1) is 0 Å². The molecule has 0 saturated heterocycles. The summed E-state index contributed by atoms with van der Waals surface area (Å²) in [6.45, 7) is 3.16. The number of carbonyl (C=O) groups is 1. The normalized spacial score (nSPS) is 10.4. The van der Waals surface area contributed by atoms with Gasteiger partial charge in [0, 0.05) is 13.5 Å². The lowest BCUT2D eigenvalue weighted by molar-refractivity contribution is -0.130. The number of nitrogens with zero attached hydrogens (tertiary/aromatic N) is 3. The molecule has 1 aromatic rings. The second kappa shape index (κ2) is 6.22. The highest BCUT2D eigenvalue weighted by Crippen LogP contribution is 2.00. The first-order chi connectivity index (χ1) is 7.63. The summed E-state index contributed by atoms with van der Waals surface area (Å²) in [5.74, 6) is 1.55. The molecule has 90 valence electrons. The number of rotatable bonds is 6. The van der Waals surface area contributed by atoms with Gasteiger partial charge in [0.25, 0.3) is 0 Å². The first-order valence-electron chi connectivity index (χ1n) is 5.40. The molecule has 6 nitrogen and oxygen atoms in total. The third-order valence-corrected chi connectivity index (χ3v) is 2.27. The van der Waals surface area contributed by atoms with Gasteiger partial charge in [0.1, 0.15) is 5.82 Å². The Bertz CT molecular complexity index is 336. The summed E-state index contributed by atoms with van der Waals surface area (Å²) in [6.07, 6.45) is 1.41. The molecule has 0 unspecified atom stereocenters. The first kappa shape index (κ1) is 12.6. The Labute approximate surface area is 95.4 Å². The van der Waals surface area contributed by atoms with Gasteiger partial charge in [0.2, 0.25) is 5.91 Å². The molecule has 0 aliphatic heterocycles. The molecule has 0 atom stereocenters. The molecule has 16 heavy (non-hydrogen) atoms. The molecule has 0 radical (unpaired) electrons. The first-order valence-corrected chi connectivity index (χ1v) is 5.40. The third-order valence-electron chi connectivity index (χ3n) is 2.27. The van der Waals surface area contributed by atoms with Gasteiger partial charge in [-0.25, -0.2) is 4.98 Å². The zero-order valence-electron chi connectivity index (χ0n) is 10.1. The summed E-state index contributed by atoms with van der Waals surface area (Å²) in [6, 6.07) is 0. The van der Waals surface area contributed by atoms with E-state index in [0.29, 0.717) is 18.8 Å². The minimum absolute atomic E-state index is 0.123. The molecule has 2 N–H and O–H groups in total. The summed E-state index contributed by atoms with van der Waals surface area (Å²) < 4.78 is 0. The van der Waals surface area contributed by atoms with Crippen molar-refractivity contribution in [2.45, 2.75) is 26.3 Å². The molecule has 1 aromatic heterocycles. The van der Waals surface area contributed by atoms with Crippen LogP contribution in [0.3, 0.4) is 0 Å². The molecular weight excluding hydrogens is 206 g/mol. The number of hydrogen-bond acceptors (Lipinski definition) is 4. The van der Waals surface area contributed by atoms with Crippen molar-refractivity contribution >= 4 is 5.91 Å². The number of aromatic amines is 1. The highest BCUT2D eigenvalue weighted by molar-refractivity contribution is 5.75. The fourth-order valence-corrected chi connectivity index (χ4v) is 1.37. The van der Waals surface area contributed by atoms with Crippen LogP contribution in [-0.4, -0.2) is 46.6 Å². The second-order valence-corrected chi connectivity index (χ2v) is 3.79. The topological polar surface area (TPSA) is 73.9 Å². The quantitative estimate of drug-likeness (QED) is 0.672. The van der Waals surface area contributed by atoms with Crippen LogP contribution in [0, 0.1) is 6.92 Å². The van der Waals surface area contributed by atoms with Crippen LogP contribution < -0.4 is 5.32 Å². The molecule has 1 amide bonds. The van der Waals surface area contributed by atoms with Gasteiger partial charge in [-0.1, -0.05) is 0 Å². The van der Waals surface area contributed by atoms with E-state index in [9.17, 15) is 4.79 Å². The molecule has 1 heterocycles. The predicted molar refractivity (Wildman–Crippen MR) is 60.8 cm³/mol. The van der Waals surface area contributed by atoms with Gasteiger partial charge in [0.05, 0.1) is 6.54 Å². The summed E-state index contributed by atoms with van der Waals surface area (Å²) in [7, 11) is 3.65. The van der Waals surface area contributed by atoms with Gasteiger partial charge in [-0.2, -0.15) is 5.10 Å². The van der Waals surface area contributed by atoms with Gasteiger partial charge in [0.15, 0.2) is 5.82 Å². The molecule has 0 aliphatic rings. The Kier molecular flexibility index (Phi) is 4.91. The van der Waals surface area contributed by atoms with Gasteiger partial charge < -0.3 is 10.2 Å². The van der Waals surface area contributed by atoms with Crippen molar-refractivity contribution in [2.24, 2.45) is 0 Å². The van der Waals surface area contributed by atoms with Crippen LogP contribution in [0.15, 0.2) is 0 Å². The van der Waals surface area contributed by atoms with Crippen molar-refractivity contribution in [3.8, 4) is 0 Å². The number of aromatic nitrogens is 3. The highest BCUT2D eigenvalue weighted by Gasteiger charge is 2.10. The van der Waals surface area contributed by atoms with Crippen molar-refractivity contribution in [3.05, 3.63) is 11.6 Å². The Balaban J connectivity index is 2.34. The maximum Gasteiger partial charge on any atom is 0.222 e. The van der Waals surface area contributed by atoms with E-state index in [0.717, 1.165) is 18.8 Å². The van der Waals surface area contributed by atoms with Crippen LogP contribution >= 0.6 is 0 Å². The van der Waals surface area contributed by atoms with Crippen LogP contribution in [0.5, 0.6) is 0 Å². The SMILES string of the molecule is CNCCCC(=O)N(C)Cc1n[nH]c(C)n1. The van der Waals surface area contributed by atoms with Crippen LogP contribution in [0.1, 0.15) is 24.5 Å². The Morgan fingerprint density at radius 3 is 2.88 bits per heavy atom. The molecule has 0 aliphatic carbocycles. The Morgan fingerprint density at radius 1 is 1.56 bits per heavy atom. The molecule has 0 aromatic carbocycles. The van der Waals surface area contributed by atoms with Crippen molar-refractivity contribution in [3.63, 3.8) is 0 Å². The zero-order valence-corrected chi connectivity index (χ0v) is 10.1. The lowest BCUT2D eigenvalue weighted by Crippen LogP contribution is -2.27. The lowest BCUT2D eigenvalue weighted by atomic mass is 10.3. The van der Waals surface area contributed by atoms with E-state index in [1.165, 1.54) is 0 Å². The van der Waals surface area contributed by atoms with Crippen molar-refractivity contribution < 1.29 is 4.79 Å². The maximum atomic E-state index is 11.7. The van der Waals surface area contributed by atoms with Gasteiger partial charge >= 0.3 is 0 Å². The summed E-state index contributed by atoms with van der Waals surface area (Å²) in [5.41, 5.74) is 0. The summed E-state index contributed by atoms with van der Waals surface area (Å²) in [4.78, 5) is 17.5. The molecule has 1 rings (SSSR count). The van der Waals surface area contributed by atoms with Gasteiger partial charge in [-0.05, 0) is 26.9 Å². The van der Waals surface area contributed by atoms with Crippen molar-refractivity contribution in [1.29, 1.82) is 0 Å². The smallest absolute Gasteiger partial charge is 0.222 e. The van der Waals surface area contributed by atoms with Crippen LogP contribution in [-0.2, 0) is 11.3 Å². The Morgan fingerprint density at radius 2 is 2.31 bits per heavy atom. The number of amides is 1. The minimum atomic E-state index is 0.123. The van der Waals surface area contributed by atoms with Crippen LogP contribution in [0.25, 0.3) is 0 Å². The molecule has 0 fully saturated rings. The van der Waals surface area contributed by atoms with Crippen molar-refractivity contribution in [1.82, 2.24) is 25.4 Å². The second-order valence-electron chi connectivity index (χ2n) is 3.79. The van der Waals surface area contributed by atoms with E-state index >= 15 is 0 Å². The Hall–Kier alpha value is -1.43. The van der Waals surface area contributed by atoms with E-state index in [2.05, 4.69) is 20.5 Å². The van der Waals surface area contributed by atoms with E-state index < -0.39 is 0 Å². The summed E-state index contributed by atoms with van der Waals surface area (Å²) in [5, 5.41) is 9.76. The largest absolute Gasteiger partial charge is 0.338 e. The standard InChI is InChI=1S/C10H19N5O/c1-8-12-9(14-13-8)7-15(3)10(16)5-4-6-11-2/h11H,4-7H2,1-3H3,(H,12,13,14).